The zero-order valence-electron chi connectivity index (χ0n) is 14.0. The van der Waals surface area contributed by atoms with Crippen LogP contribution in [-0.2, 0) is 6.18 Å². The molecule has 4 nitrogen and oxygen atoms in total. The van der Waals surface area contributed by atoms with Gasteiger partial charge < -0.3 is 0 Å². The van der Waals surface area contributed by atoms with Gasteiger partial charge >= 0.3 is 6.18 Å². The van der Waals surface area contributed by atoms with Crippen LogP contribution in [0.5, 0.6) is 0 Å². The van der Waals surface area contributed by atoms with Crippen LogP contribution in [0.2, 0.25) is 0 Å². The summed E-state index contributed by atoms with van der Waals surface area (Å²) in [6.45, 7) is 1.70. The largest absolute Gasteiger partial charge is 0.418 e. The lowest BCUT2D eigenvalue weighted by molar-refractivity contribution is -0.137. The Morgan fingerprint density at radius 3 is 2.30 bits per heavy atom. The van der Waals surface area contributed by atoms with Crippen LogP contribution in [0.25, 0.3) is 11.3 Å². The molecule has 0 aliphatic heterocycles. The molecule has 0 unspecified atom stereocenters. The van der Waals surface area contributed by atoms with E-state index in [1.54, 1.807) is 6.92 Å². The molecule has 0 aliphatic rings. The molecule has 0 N–H and O–H groups in total. The zero-order valence-corrected chi connectivity index (χ0v) is 15.7. The minimum absolute atomic E-state index is 0.196. The summed E-state index contributed by atoms with van der Waals surface area (Å²) in [5.74, 6) is 0. The van der Waals surface area contributed by atoms with Gasteiger partial charge in [-0.1, -0.05) is 54.7 Å². The lowest BCUT2D eigenvalue weighted by Crippen LogP contribution is -2.05. The molecule has 0 atom stereocenters. The van der Waals surface area contributed by atoms with Crippen molar-refractivity contribution in [3.63, 3.8) is 0 Å². The standard InChI is InChI=1S/C18H13F3N4S2/c1-11-15(23-22-14-10-6-5-9-13(14)18(19,20)21)16(24-25(11)17(26)27)12-7-3-2-4-8-12/h2-10H,1H3,(H,26,27). The summed E-state index contributed by atoms with van der Waals surface area (Å²) in [5.41, 5.74) is 0.922. The third kappa shape index (κ3) is 4.09. The van der Waals surface area contributed by atoms with Gasteiger partial charge in [-0.15, -0.1) is 22.9 Å². The van der Waals surface area contributed by atoms with Crippen LogP contribution in [0.3, 0.4) is 0 Å². The van der Waals surface area contributed by atoms with E-state index in [1.807, 2.05) is 30.3 Å². The number of thiocarbonyl (C=S) groups is 1. The molecular weight excluding hydrogens is 393 g/mol. The molecule has 0 aliphatic carbocycles. The third-order valence-electron chi connectivity index (χ3n) is 3.78. The lowest BCUT2D eigenvalue weighted by atomic mass is 10.1. The van der Waals surface area contributed by atoms with E-state index in [-0.39, 0.29) is 10.0 Å². The maximum atomic E-state index is 13.2. The van der Waals surface area contributed by atoms with Crippen molar-refractivity contribution in [2.45, 2.75) is 13.1 Å². The van der Waals surface area contributed by atoms with Gasteiger partial charge in [0.1, 0.15) is 11.4 Å². The molecule has 0 saturated carbocycles. The molecule has 0 radical (unpaired) electrons. The summed E-state index contributed by atoms with van der Waals surface area (Å²) in [7, 11) is 0. The first-order valence-corrected chi connectivity index (χ1v) is 8.61. The van der Waals surface area contributed by atoms with E-state index in [1.165, 1.54) is 22.9 Å². The highest BCUT2D eigenvalue weighted by atomic mass is 32.1. The second-order valence-electron chi connectivity index (χ2n) is 5.56. The van der Waals surface area contributed by atoms with Crippen LogP contribution in [-0.4, -0.2) is 14.1 Å². The van der Waals surface area contributed by atoms with Crippen molar-refractivity contribution in [2.75, 3.05) is 0 Å². The van der Waals surface area contributed by atoms with E-state index in [0.717, 1.165) is 11.6 Å². The first-order chi connectivity index (χ1) is 12.8. The SMILES string of the molecule is Cc1c(N=Nc2ccccc2C(F)(F)F)c(-c2ccccc2)nn1C(=S)S. The Hall–Kier alpha value is -2.52. The number of rotatable bonds is 3. The normalized spacial score (nSPS) is 11.9. The second-order valence-corrected chi connectivity index (χ2v) is 6.67. The van der Waals surface area contributed by atoms with Crippen molar-refractivity contribution in [3.05, 3.63) is 65.9 Å². The van der Waals surface area contributed by atoms with Crippen molar-refractivity contribution < 1.29 is 13.2 Å². The van der Waals surface area contributed by atoms with Crippen molar-refractivity contribution >= 4 is 40.5 Å². The average molecular weight is 406 g/mol. The molecular formula is C18H13F3N4S2. The highest BCUT2D eigenvalue weighted by Gasteiger charge is 2.33. The van der Waals surface area contributed by atoms with Gasteiger partial charge in [-0.25, -0.2) is 4.68 Å². The molecule has 3 aromatic rings. The molecule has 27 heavy (non-hydrogen) atoms. The summed E-state index contributed by atoms with van der Waals surface area (Å²) in [6.07, 6.45) is -4.52. The summed E-state index contributed by atoms with van der Waals surface area (Å²) < 4.78 is 41.1. The van der Waals surface area contributed by atoms with Crippen LogP contribution in [0.4, 0.5) is 24.5 Å². The van der Waals surface area contributed by atoms with Crippen molar-refractivity contribution in [1.82, 2.24) is 9.78 Å². The van der Waals surface area contributed by atoms with Gasteiger partial charge in [-0.3, -0.25) is 0 Å². The third-order valence-corrected chi connectivity index (χ3v) is 4.14. The molecule has 0 amide bonds. The number of azo groups is 1. The van der Waals surface area contributed by atoms with Crippen molar-refractivity contribution in [2.24, 2.45) is 10.2 Å². The quantitative estimate of drug-likeness (QED) is 0.313. The summed E-state index contributed by atoms with van der Waals surface area (Å²) in [6, 6.07) is 14.1. The maximum Gasteiger partial charge on any atom is 0.418 e. The first kappa shape index (κ1) is 19.2. The zero-order chi connectivity index (χ0) is 19.6. The fourth-order valence-electron chi connectivity index (χ4n) is 2.49. The van der Waals surface area contributed by atoms with Crippen molar-refractivity contribution in [3.8, 4) is 11.3 Å². The minimum atomic E-state index is -4.52. The number of thiol groups is 1. The first-order valence-electron chi connectivity index (χ1n) is 7.75. The number of alkyl halides is 3. The van der Waals surface area contributed by atoms with Crippen LogP contribution in [0, 0.1) is 6.92 Å². The molecule has 0 bridgehead atoms. The number of halogens is 3. The fraction of sp³-hybridized carbons (Fsp3) is 0.111. The van der Waals surface area contributed by atoms with Crippen LogP contribution < -0.4 is 0 Å². The Morgan fingerprint density at radius 1 is 1.04 bits per heavy atom. The van der Waals surface area contributed by atoms with Crippen LogP contribution in [0.15, 0.2) is 64.8 Å². The number of benzene rings is 2. The minimum Gasteiger partial charge on any atom is -0.218 e. The summed E-state index contributed by atoms with van der Waals surface area (Å²) >= 11 is 9.20. The van der Waals surface area contributed by atoms with Gasteiger partial charge in [-0.05, 0) is 19.1 Å². The van der Waals surface area contributed by atoms with Gasteiger partial charge in [0, 0.05) is 5.56 Å². The van der Waals surface area contributed by atoms with E-state index in [0.29, 0.717) is 17.1 Å². The van der Waals surface area contributed by atoms with Crippen LogP contribution >= 0.6 is 24.8 Å². The van der Waals surface area contributed by atoms with Crippen molar-refractivity contribution in [1.29, 1.82) is 0 Å². The number of hydrogen-bond donors (Lipinski definition) is 1. The molecule has 1 aromatic heterocycles. The van der Waals surface area contributed by atoms with Gasteiger partial charge in [0.25, 0.3) is 0 Å². The Morgan fingerprint density at radius 2 is 1.67 bits per heavy atom. The van der Waals surface area contributed by atoms with Gasteiger partial charge in [0.2, 0.25) is 0 Å². The highest BCUT2D eigenvalue weighted by molar-refractivity contribution is 8.11. The molecule has 0 spiro atoms. The predicted octanol–water partition coefficient (Wildman–Crippen LogP) is 6.36. The second kappa shape index (κ2) is 7.61. The summed E-state index contributed by atoms with van der Waals surface area (Å²) in [4.78, 5) is 0. The summed E-state index contributed by atoms with van der Waals surface area (Å²) in [5, 5.41) is 12.3. The highest BCUT2D eigenvalue weighted by Crippen LogP contribution is 2.38. The molecule has 138 valence electrons. The maximum absolute atomic E-state index is 13.2. The molecule has 9 heteroatoms. The van der Waals surface area contributed by atoms with E-state index in [2.05, 4.69) is 28.0 Å². The van der Waals surface area contributed by atoms with Crippen LogP contribution in [0.1, 0.15) is 11.3 Å². The van der Waals surface area contributed by atoms with Gasteiger partial charge in [0.05, 0.1) is 16.9 Å². The molecule has 1 heterocycles. The Balaban J connectivity index is 2.13. The molecule has 0 saturated heterocycles. The van der Waals surface area contributed by atoms with E-state index in [4.69, 9.17) is 12.2 Å². The van der Waals surface area contributed by atoms with E-state index in [9.17, 15) is 13.2 Å². The Labute approximate surface area is 164 Å². The van der Waals surface area contributed by atoms with Gasteiger partial charge in [0.15, 0.2) is 4.32 Å². The fourth-order valence-corrected chi connectivity index (χ4v) is 2.87. The topological polar surface area (TPSA) is 42.5 Å². The monoisotopic (exact) mass is 406 g/mol. The number of nitrogens with zero attached hydrogens (tertiary/aromatic N) is 4. The molecule has 2 aromatic carbocycles. The Kier molecular flexibility index (Phi) is 5.43. The average Bonchev–Trinajstić information content (AvgIpc) is 2.97. The number of hydrogen-bond acceptors (Lipinski definition) is 4. The molecule has 0 fully saturated rings. The predicted molar refractivity (Wildman–Crippen MR) is 105 cm³/mol. The molecule has 3 rings (SSSR count). The van der Waals surface area contributed by atoms with Gasteiger partial charge in [-0.2, -0.15) is 18.3 Å². The Bertz CT molecular complexity index is 1010. The smallest absolute Gasteiger partial charge is 0.218 e. The van der Waals surface area contributed by atoms with E-state index >= 15 is 0 Å². The van der Waals surface area contributed by atoms with E-state index < -0.39 is 11.7 Å². The lowest BCUT2D eigenvalue weighted by Gasteiger charge is -2.08. The number of aromatic nitrogens is 2.